The summed E-state index contributed by atoms with van der Waals surface area (Å²) in [6.07, 6.45) is 0. The third kappa shape index (κ3) is 2.77. The van der Waals surface area contributed by atoms with Gasteiger partial charge in [-0.15, -0.1) is 0 Å². The summed E-state index contributed by atoms with van der Waals surface area (Å²) in [5.74, 6) is -1.42. The lowest BCUT2D eigenvalue weighted by atomic mass is 10.2. The van der Waals surface area contributed by atoms with Crippen LogP contribution in [-0.4, -0.2) is 15.1 Å². The Labute approximate surface area is 124 Å². The number of aromatic amines is 1. The summed E-state index contributed by atoms with van der Waals surface area (Å²) in [4.78, 5) is 7.20. The van der Waals surface area contributed by atoms with Gasteiger partial charge in [-0.2, -0.15) is 0 Å². The first-order chi connectivity index (χ1) is 10.1. The molecule has 3 rings (SSSR count). The highest BCUT2D eigenvalue weighted by molar-refractivity contribution is 7.99. The molecule has 0 aliphatic heterocycles. The Hall–Kier alpha value is -1.92. The molecule has 0 unspecified atom stereocenters. The normalized spacial score (nSPS) is 11.2. The van der Waals surface area contributed by atoms with Gasteiger partial charge in [0, 0.05) is 0 Å². The molecule has 0 amide bonds. The third-order valence-electron chi connectivity index (χ3n) is 3.06. The molecule has 0 radical (unpaired) electrons. The zero-order valence-electron chi connectivity index (χ0n) is 11.2. The second-order valence-corrected chi connectivity index (χ2v) is 5.71. The van der Waals surface area contributed by atoms with E-state index < -0.39 is 18.2 Å². The molecule has 1 aromatic heterocycles. The summed E-state index contributed by atoms with van der Waals surface area (Å²) >= 11 is 0.893. The zero-order chi connectivity index (χ0) is 15.0. The Morgan fingerprint density at radius 3 is 2.57 bits per heavy atom. The molecule has 3 aromatic rings. The first-order valence-corrected chi connectivity index (χ1v) is 7.11. The van der Waals surface area contributed by atoms with E-state index in [9.17, 15) is 8.78 Å². The van der Waals surface area contributed by atoms with Crippen molar-refractivity contribution in [2.45, 2.75) is 23.6 Å². The highest BCUT2D eigenvalue weighted by atomic mass is 32.2. The maximum atomic E-state index is 13.9. The van der Waals surface area contributed by atoms with E-state index >= 15 is 0 Å². The summed E-state index contributed by atoms with van der Waals surface area (Å²) in [7, 11) is 0. The lowest BCUT2D eigenvalue weighted by molar-refractivity contribution is 0.280. The molecule has 2 aromatic carbocycles. The number of imidazole rings is 1. The fourth-order valence-electron chi connectivity index (χ4n) is 2.05. The minimum Gasteiger partial charge on any atom is -0.392 e. The van der Waals surface area contributed by atoms with Gasteiger partial charge in [-0.3, -0.25) is 0 Å². The van der Waals surface area contributed by atoms with E-state index in [1.54, 1.807) is 0 Å². The van der Waals surface area contributed by atoms with Crippen molar-refractivity contribution < 1.29 is 13.9 Å². The van der Waals surface area contributed by atoms with E-state index in [1.807, 2.05) is 25.1 Å². The average molecular weight is 306 g/mol. The molecule has 108 valence electrons. The van der Waals surface area contributed by atoms with Gasteiger partial charge in [0.15, 0.2) is 5.16 Å². The molecule has 0 atom stereocenters. The van der Waals surface area contributed by atoms with E-state index in [-0.39, 0.29) is 10.5 Å². The van der Waals surface area contributed by atoms with Crippen molar-refractivity contribution in [3.05, 3.63) is 53.1 Å². The molecule has 0 saturated carbocycles. The Morgan fingerprint density at radius 2 is 1.90 bits per heavy atom. The van der Waals surface area contributed by atoms with E-state index in [4.69, 9.17) is 5.11 Å². The molecular weight excluding hydrogens is 294 g/mol. The van der Waals surface area contributed by atoms with E-state index in [2.05, 4.69) is 9.97 Å². The Kier molecular flexibility index (Phi) is 3.65. The number of aryl methyl sites for hydroxylation is 1. The number of nitrogens with zero attached hydrogens (tertiary/aromatic N) is 1. The number of rotatable bonds is 3. The number of aromatic nitrogens is 2. The number of benzene rings is 2. The number of aliphatic hydroxyl groups is 1. The molecule has 6 heteroatoms. The lowest BCUT2D eigenvalue weighted by Gasteiger charge is -2.04. The summed E-state index contributed by atoms with van der Waals surface area (Å²) in [5.41, 5.74) is 2.85. The van der Waals surface area contributed by atoms with Gasteiger partial charge >= 0.3 is 0 Å². The van der Waals surface area contributed by atoms with E-state index in [1.165, 1.54) is 0 Å². The molecule has 0 spiro atoms. The first kappa shape index (κ1) is 14.0. The third-order valence-corrected chi connectivity index (χ3v) is 4.04. The van der Waals surface area contributed by atoms with Gasteiger partial charge in [0.25, 0.3) is 0 Å². The standard InChI is InChI=1S/C15H12F2N2OS/c1-8-2-3-12-13(4-8)19-15(18-12)21-14-10(16)5-9(7-20)6-11(14)17/h2-6,20H,7H2,1H3,(H,18,19). The van der Waals surface area contributed by atoms with Gasteiger partial charge < -0.3 is 10.1 Å². The Morgan fingerprint density at radius 1 is 1.19 bits per heavy atom. The van der Waals surface area contributed by atoms with Crippen LogP contribution in [0.1, 0.15) is 11.1 Å². The number of hydrogen-bond acceptors (Lipinski definition) is 3. The number of nitrogens with one attached hydrogen (secondary N) is 1. The SMILES string of the molecule is Cc1ccc2nc(Sc3c(F)cc(CO)cc3F)[nH]c2c1. The number of H-pyrrole nitrogens is 1. The number of fused-ring (bicyclic) bond motifs is 1. The van der Waals surface area contributed by atoms with Gasteiger partial charge in [0.05, 0.1) is 22.5 Å². The summed E-state index contributed by atoms with van der Waals surface area (Å²) in [6.45, 7) is 1.56. The second kappa shape index (κ2) is 5.46. The van der Waals surface area contributed by atoms with Crippen LogP contribution in [0.2, 0.25) is 0 Å². The maximum absolute atomic E-state index is 13.9. The molecule has 0 aliphatic carbocycles. The van der Waals surface area contributed by atoms with Crippen molar-refractivity contribution in [3.8, 4) is 0 Å². The first-order valence-electron chi connectivity index (χ1n) is 6.30. The van der Waals surface area contributed by atoms with Gasteiger partial charge in [0.2, 0.25) is 0 Å². The van der Waals surface area contributed by atoms with Crippen molar-refractivity contribution in [2.75, 3.05) is 0 Å². The number of aliphatic hydroxyl groups excluding tert-OH is 1. The Balaban J connectivity index is 1.98. The van der Waals surface area contributed by atoms with Crippen LogP contribution in [0, 0.1) is 18.6 Å². The van der Waals surface area contributed by atoms with Gasteiger partial charge in [-0.05, 0) is 54.1 Å². The second-order valence-electron chi connectivity index (χ2n) is 4.71. The van der Waals surface area contributed by atoms with E-state index in [0.29, 0.717) is 5.16 Å². The topological polar surface area (TPSA) is 48.9 Å². The highest BCUT2D eigenvalue weighted by Gasteiger charge is 2.15. The highest BCUT2D eigenvalue weighted by Crippen LogP contribution is 2.32. The van der Waals surface area contributed by atoms with Crippen molar-refractivity contribution in [1.82, 2.24) is 9.97 Å². The smallest absolute Gasteiger partial charge is 0.171 e. The van der Waals surface area contributed by atoms with Gasteiger partial charge in [0.1, 0.15) is 11.6 Å². The van der Waals surface area contributed by atoms with Crippen LogP contribution >= 0.6 is 11.8 Å². The molecule has 21 heavy (non-hydrogen) atoms. The molecule has 0 saturated heterocycles. The van der Waals surface area contributed by atoms with Crippen LogP contribution in [0.3, 0.4) is 0 Å². The fraction of sp³-hybridized carbons (Fsp3) is 0.133. The summed E-state index contributed by atoms with van der Waals surface area (Å²) in [6, 6.07) is 7.95. The molecular formula is C15H12F2N2OS. The quantitative estimate of drug-likeness (QED) is 0.774. The van der Waals surface area contributed by atoms with Crippen LogP contribution < -0.4 is 0 Å². The van der Waals surface area contributed by atoms with Crippen LogP contribution in [0.5, 0.6) is 0 Å². The monoisotopic (exact) mass is 306 g/mol. The van der Waals surface area contributed by atoms with Crippen molar-refractivity contribution >= 4 is 22.8 Å². The van der Waals surface area contributed by atoms with Crippen LogP contribution in [0.15, 0.2) is 40.4 Å². The largest absolute Gasteiger partial charge is 0.392 e. The summed E-state index contributed by atoms with van der Waals surface area (Å²) in [5, 5.41) is 9.35. The van der Waals surface area contributed by atoms with E-state index in [0.717, 1.165) is 40.5 Å². The number of hydrogen-bond donors (Lipinski definition) is 2. The zero-order valence-corrected chi connectivity index (χ0v) is 12.0. The van der Waals surface area contributed by atoms with Crippen molar-refractivity contribution in [1.29, 1.82) is 0 Å². The van der Waals surface area contributed by atoms with Crippen molar-refractivity contribution in [2.24, 2.45) is 0 Å². The van der Waals surface area contributed by atoms with Crippen LogP contribution in [0.25, 0.3) is 11.0 Å². The molecule has 0 fully saturated rings. The average Bonchev–Trinajstić information content (AvgIpc) is 2.84. The minimum atomic E-state index is -0.708. The fourth-order valence-corrected chi connectivity index (χ4v) is 2.86. The molecule has 3 nitrogen and oxygen atoms in total. The Bertz CT molecular complexity index is 794. The molecule has 0 aliphatic rings. The van der Waals surface area contributed by atoms with Crippen LogP contribution in [-0.2, 0) is 6.61 Å². The predicted octanol–water partition coefficient (Wildman–Crippen LogP) is 3.79. The number of halogens is 2. The lowest BCUT2D eigenvalue weighted by Crippen LogP contribution is -1.93. The molecule has 0 bridgehead atoms. The summed E-state index contributed by atoms with van der Waals surface area (Å²) < 4.78 is 27.8. The van der Waals surface area contributed by atoms with Crippen molar-refractivity contribution in [3.63, 3.8) is 0 Å². The molecule has 1 heterocycles. The minimum absolute atomic E-state index is 0.136. The van der Waals surface area contributed by atoms with Gasteiger partial charge in [-0.1, -0.05) is 6.07 Å². The maximum Gasteiger partial charge on any atom is 0.171 e. The van der Waals surface area contributed by atoms with Gasteiger partial charge in [-0.25, -0.2) is 13.8 Å². The predicted molar refractivity (Wildman–Crippen MR) is 77.2 cm³/mol. The van der Waals surface area contributed by atoms with Crippen LogP contribution in [0.4, 0.5) is 8.78 Å². The molecule has 2 N–H and O–H groups in total.